The smallest absolute Gasteiger partial charge is 0.220 e. The lowest BCUT2D eigenvalue weighted by atomic mass is 9.93. The Hall–Kier alpha value is -2.17. The Bertz CT molecular complexity index is 841. The molecule has 1 heterocycles. The van der Waals surface area contributed by atoms with Gasteiger partial charge in [0.1, 0.15) is 5.75 Å². The van der Waals surface area contributed by atoms with Crippen molar-refractivity contribution in [1.29, 1.82) is 0 Å². The number of halogens is 1. The van der Waals surface area contributed by atoms with Gasteiger partial charge in [-0.05, 0) is 68.7 Å². The normalized spacial score (nSPS) is 15.8. The fourth-order valence-electron chi connectivity index (χ4n) is 3.97. The Balaban J connectivity index is 1.95. The molecule has 0 aliphatic carbocycles. The summed E-state index contributed by atoms with van der Waals surface area (Å²) in [6, 6.07) is 12.4. The number of ether oxygens (including phenoxy) is 1. The first-order valence-corrected chi connectivity index (χ1v) is 10.2. The monoisotopic (exact) mass is 400 g/mol. The van der Waals surface area contributed by atoms with Crippen molar-refractivity contribution in [2.45, 2.75) is 38.6 Å². The van der Waals surface area contributed by atoms with Crippen LogP contribution in [0.5, 0.6) is 5.75 Å². The van der Waals surface area contributed by atoms with E-state index < -0.39 is 0 Å². The molecule has 0 unspecified atom stereocenters. The molecule has 0 radical (unpaired) electrons. The van der Waals surface area contributed by atoms with Gasteiger partial charge >= 0.3 is 0 Å². The molecular weight excluding hydrogens is 374 g/mol. The summed E-state index contributed by atoms with van der Waals surface area (Å²) in [5, 5.41) is 0.620. The maximum atomic E-state index is 13.4. The van der Waals surface area contributed by atoms with Crippen LogP contribution in [0.1, 0.15) is 52.5 Å². The van der Waals surface area contributed by atoms with E-state index >= 15 is 0 Å². The number of benzene rings is 2. The zero-order chi connectivity index (χ0) is 20.1. The number of Topliss-reactive ketones (excluding diaryl/α,β-unsaturated/α-hetero) is 2. The van der Waals surface area contributed by atoms with Gasteiger partial charge in [-0.3, -0.25) is 9.59 Å². The Kier molecular flexibility index (Phi) is 6.87. The van der Waals surface area contributed by atoms with Gasteiger partial charge in [0, 0.05) is 28.1 Å². The van der Waals surface area contributed by atoms with Gasteiger partial charge in [-0.1, -0.05) is 11.6 Å². The molecule has 2 aromatic rings. The van der Waals surface area contributed by atoms with Crippen LogP contribution in [0.4, 0.5) is 0 Å². The Labute approximate surface area is 171 Å². The zero-order valence-electron chi connectivity index (χ0n) is 16.5. The summed E-state index contributed by atoms with van der Waals surface area (Å²) in [5.74, 6) is 0.842. The summed E-state index contributed by atoms with van der Waals surface area (Å²) in [5.41, 5.74) is 2.22. The number of carbonyl (C=O) groups is 2. The molecule has 4 nitrogen and oxygen atoms in total. The van der Waals surface area contributed by atoms with Crippen molar-refractivity contribution in [3.63, 3.8) is 0 Å². The van der Waals surface area contributed by atoms with Crippen molar-refractivity contribution in [2.75, 3.05) is 20.2 Å². The van der Waals surface area contributed by atoms with Gasteiger partial charge in [0.2, 0.25) is 5.78 Å². The van der Waals surface area contributed by atoms with Crippen LogP contribution in [-0.2, 0) is 6.42 Å². The number of rotatable bonds is 7. The Morgan fingerprint density at radius 3 is 2.29 bits per heavy atom. The van der Waals surface area contributed by atoms with Crippen LogP contribution >= 0.6 is 11.6 Å². The molecule has 5 heteroatoms. The van der Waals surface area contributed by atoms with E-state index in [4.69, 9.17) is 16.3 Å². The highest BCUT2D eigenvalue weighted by molar-refractivity contribution is 6.30. The van der Waals surface area contributed by atoms with Gasteiger partial charge in [0.25, 0.3) is 0 Å². The number of piperidine rings is 1. The van der Waals surface area contributed by atoms with Crippen LogP contribution in [0.25, 0.3) is 0 Å². The summed E-state index contributed by atoms with van der Waals surface area (Å²) in [6.07, 6.45) is 4.02. The van der Waals surface area contributed by atoms with E-state index in [0.29, 0.717) is 22.6 Å². The third-order valence-corrected chi connectivity index (χ3v) is 5.80. The van der Waals surface area contributed by atoms with E-state index in [9.17, 15) is 9.59 Å². The fraction of sp³-hybridized carbons (Fsp3) is 0.391. The first-order chi connectivity index (χ1) is 13.5. The molecule has 0 aromatic heterocycles. The van der Waals surface area contributed by atoms with Crippen molar-refractivity contribution in [2.24, 2.45) is 0 Å². The van der Waals surface area contributed by atoms with Crippen molar-refractivity contribution in [3.8, 4) is 5.75 Å². The second-order valence-electron chi connectivity index (χ2n) is 7.43. The van der Waals surface area contributed by atoms with Gasteiger partial charge in [-0.2, -0.15) is 0 Å². The molecule has 2 aromatic carbocycles. The highest BCUT2D eigenvalue weighted by atomic mass is 35.5. The fourth-order valence-corrected chi connectivity index (χ4v) is 4.10. The molecule has 1 fully saturated rings. The number of quaternary nitrogens is 1. The largest absolute Gasteiger partial charge is 0.496 e. The molecule has 3 rings (SSSR count). The van der Waals surface area contributed by atoms with Crippen LogP contribution in [0.3, 0.4) is 0 Å². The first-order valence-electron chi connectivity index (χ1n) is 9.82. The van der Waals surface area contributed by atoms with Crippen molar-refractivity contribution in [3.05, 3.63) is 64.2 Å². The minimum atomic E-state index is -0.211. The Morgan fingerprint density at radius 2 is 1.68 bits per heavy atom. The lowest BCUT2D eigenvalue weighted by molar-refractivity contribution is -0.920. The van der Waals surface area contributed by atoms with Crippen molar-refractivity contribution in [1.82, 2.24) is 0 Å². The number of carbonyl (C=O) groups excluding carboxylic acids is 2. The molecule has 1 saturated heterocycles. The topological polar surface area (TPSA) is 47.8 Å². The molecule has 1 aliphatic heterocycles. The van der Waals surface area contributed by atoms with E-state index in [2.05, 4.69) is 0 Å². The lowest BCUT2D eigenvalue weighted by Gasteiger charge is -2.31. The molecule has 0 saturated carbocycles. The summed E-state index contributed by atoms with van der Waals surface area (Å²) >= 11 is 6.00. The van der Waals surface area contributed by atoms with Crippen molar-refractivity contribution < 1.29 is 19.2 Å². The second-order valence-corrected chi connectivity index (χ2v) is 7.87. The predicted octanol–water partition coefficient (Wildman–Crippen LogP) is 3.41. The van der Waals surface area contributed by atoms with Gasteiger partial charge in [-0.25, -0.2) is 0 Å². The molecule has 0 bridgehead atoms. The van der Waals surface area contributed by atoms with Crippen LogP contribution < -0.4 is 9.64 Å². The number of ketones is 2. The van der Waals surface area contributed by atoms with Crippen molar-refractivity contribution >= 4 is 23.2 Å². The summed E-state index contributed by atoms with van der Waals surface area (Å²) in [4.78, 5) is 26.6. The third-order valence-electron chi connectivity index (χ3n) is 5.54. The highest BCUT2D eigenvalue weighted by Crippen LogP contribution is 2.23. The molecular formula is C23H27ClNO3+. The molecule has 148 valence electrons. The lowest BCUT2D eigenvalue weighted by Crippen LogP contribution is -3.17. The standard InChI is InChI=1S/C23H26ClNO3/c1-16(26)18-8-11-22(28-2)19(14-18)15-21(25-12-4-3-5-13-25)23(27)17-6-9-20(24)10-7-17/h6-11,14,21H,3-5,12-13,15H2,1-2H3/p+1/t21-/m0/s1. The molecule has 0 amide bonds. The summed E-state index contributed by atoms with van der Waals surface area (Å²) < 4.78 is 5.52. The van der Waals surface area contributed by atoms with E-state index in [-0.39, 0.29) is 17.6 Å². The second kappa shape index (κ2) is 9.35. The summed E-state index contributed by atoms with van der Waals surface area (Å²) in [6.45, 7) is 3.52. The van der Waals surface area contributed by atoms with Crippen LogP contribution in [0.15, 0.2) is 42.5 Å². The predicted molar refractivity (Wildman–Crippen MR) is 111 cm³/mol. The average molecular weight is 401 g/mol. The molecule has 28 heavy (non-hydrogen) atoms. The maximum Gasteiger partial charge on any atom is 0.220 e. The average Bonchev–Trinajstić information content (AvgIpc) is 2.72. The van der Waals surface area contributed by atoms with E-state index in [1.165, 1.54) is 11.3 Å². The molecule has 0 spiro atoms. The van der Waals surface area contributed by atoms with Gasteiger partial charge < -0.3 is 9.64 Å². The number of hydrogen-bond donors (Lipinski definition) is 1. The summed E-state index contributed by atoms with van der Waals surface area (Å²) in [7, 11) is 1.62. The quantitative estimate of drug-likeness (QED) is 0.724. The minimum Gasteiger partial charge on any atom is -0.496 e. The van der Waals surface area contributed by atoms with Gasteiger partial charge in [0.15, 0.2) is 11.8 Å². The molecule has 1 aliphatic rings. The number of hydrogen-bond acceptors (Lipinski definition) is 3. The van der Waals surface area contributed by atoms with Crippen LogP contribution in [-0.4, -0.2) is 37.8 Å². The molecule has 1 atom stereocenters. The van der Waals surface area contributed by atoms with E-state index in [0.717, 1.165) is 37.2 Å². The highest BCUT2D eigenvalue weighted by Gasteiger charge is 2.32. The maximum absolute atomic E-state index is 13.4. The van der Waals surface area contributed by atoms with E-state index in [1.807, 2.05) is 12.1 Å². The van der Waals surface area contributed by atoms with E-state index in [1.54, 1.807) is 44.4 Å². The number of methoxy groups -OCH3 is 1. The molecule has 1 N–H and O–H groups in total. The van der Waals surface area contributed by atoms with Crippen LogP contribution in [0.2, 0.25) is 5.02 Å². The van der Waals surface area contributed by atoms with Gasteiger partial charge in [-0.15, -0.1) is 0 Å². The Morgan fingerprint density at radius 1 is 1.04 bits per heavy atom. The third kappa shape index (κ3) is 4.81. The zero-order valence-corrected chi connectivity index (χ0v) is 17.2. The first kappa shape index (κ1) is 20.6. The number of likely N-dealkylation sites (tertiary alicyclic amines) is 1. The van der Waals surface area contributed by atoms with Crippen LogP contribution in [0, 0.1) is 0 Å². The minimum absolute atomic E-state index is 0.00907. The SMILES string of the molecule is COc1ccc(C(C)=O)cc1C[C@@H](C(=O)c1ccc(Cl)cc1)[NH+]1CCCCC1. The number of nitrogens with one attached hydrogen (secondary N) is 1. The van der Waals surface area contributed by atoms with Gasteiger partial charge in [0.05, 0.1) is 20.2 Å².